The third-order valence-electron chi connectivity index (χ3n) is 2.24. The summed E-state index contributed by atoms with van der Waals surface area (Å²) in [5.74, 6) is 0.980. The van der Waals surface area contributed by atoms with Crippen molar-refractivity contribution >= 4 is 27.7 Å². The zero-order valence-electron chi connectivity index (χ0n) is 9.36. The Morgan fingerprint density at radius 2 is 2.31 bits per heavy atom. The normalized spacial score (nSPS) is 12.4. The lowest BCUT2D eigenvalue weighted by Gasteiger charge is -2.10. The largest absolute Gasteiger partial charge is 0.327 e. The number of hydrogen-bond acceptors (Lipinski definition) is 2. The van der Waals surface area contributed by atoms with Gasteiger partial charge in [-0.3, -0.25) is 0 Å². The number of unbranched alkanes of at least 4 members (excludes halogenated alkanes) is 1. The molecule has 0 fully saturated rings. The molecule has 0 bridgehead atoms. The van der Waals surface area contributed by atoms with E-state index < -0.39 is 0 Å². The summed E-state index contributed by atoms with van der Waals surface area (Å²) < 4.78 is 1.12. The number of rotatable bonds is 7. The Kier molecular flexibility index (Phi) is 6.85. The van der Waals surface area contributed by atoms with Crippen LogP contribution in [0.1, 0.15) is 19.3 Å². The quantitative estimate of drug-likeness (QED) is 0.463. The molecular formula is C13H18BrNS. The first-order valence-electron chi connectivity index (χ1n) is 5.47. The van der Waals surface area contributed by atoms with Gasteiger partial charge in [0, 0.05) is 21.2 Å². The minimum atomic E-state index is 0.281. The fourth-order valence-corrected chi connectivity index (χ4v) is 2.88. The Bertz CT molecular complexity index is 327. The molecule has 0 aliphatic carbocycles. The molecule has 0 saturated carbocycles. The molecule has 0 spiro atoms. The van der Waals surface area contributed by atoms with Gasteiger partial charge in [-0.05, 0) is 37.5 Å². The molecule has 0 aromatic heterocycles. The zero-order chi connectivity index (χ0) is 11.8. The first-order chi connectivity index (χ1) is 7.72. The van der Waals surface area contributed by atoms with Crippen molar-refractivity contribution in [2.24, 2.45) is 5.73 Å². The molecular weight excluding hydrogens is 282 g/mol. The predicted octanol–water partition coefficient (Wildman–Crippen LogP) is 4.22. The topological polar surface area (TPSA) is 26.0 Å². The van der Waals surface area contributed by atoms with E-state index in [-0.39, 0.29) is 6.04 Å². The van der Waals surface area contributed by atoms with Gasteiger partial charge in [0.1, 0.15) is 0 Å². The van der Waals surface area contributed by atoms with Gasteiger partial charge in [0.05, 0.1) is 0 Å². The Morgan fingerprint density at radius 3 is 3.00 bits per heavy atom. The van der Waals surface area contributed by atoms with Crippen molar-refractivity contribution in [2.75, 3.05) is 5.75 Å². The van der Waals surface area contributed by atoms with Crippen LogP contribution in [0.4, 0.5) is 0 Å². The average Bonchev–Trinajstić information content (AvgIpc) is 2.27. The smallest absolute Gasteiger partial charge is 0.0186 e. The van der Waals surface area contributed by atoms with Gasteiger partial charge in [-0.1, -0.05) is 28.1 Å². The summed E-state index contributed by atoms with van der Waals surface area (Å²) in [5, 5.41) is 0. The number of hydrogen-bond donors (Lipinski definition) is 1. The summed E-state index contributed by atoms with van der Waals surface area (Å²) in [6.07, 6.45) is 5.24. The highest BCUT2D eigenvalue weighted by Gasteiger charge is 2.03. The van der Waals surface area contributed by atoms with Gasteiger partial charge in [-0.2, -0.15) is 0 Å². The number of halogens is 1. The number of nitrogens with two attached hydrogens (primary N) is 1. The highest BCUT2D eigenvalue weighted by Crippen LogP contribution is 2.22. The molecule has 0 amide bonds. The lowest BCUT2D eigenvalue weighted by molar-refractivity contribution is 0.637. The predicted molar refractivity (Wildman–Crippen MR) is 76.9 cm³/mol. The summed E-state index contributed by atoms with van der Waals surface area (Å²) >= 11 is 5.28. The van der Waals surface area contributed by atoms with Crippen molar-refractivity contribution in [2.45, 2.75) is 30.2 Å². The third-order valence-corrected chi connectivity index (χ3v) is 3.92. The Labute approximate surface area is 111 Å². The fraction of sp³-hybridized carbons (Fsp3) is 0.385. The summed E-state index contributed by atoms with van der Waals surface area (Å²) in [5.41, 5.74) is 6.03. The molecule has 0 saturated heterocycles. The maximum absolute atomic E-state index is 6.03. The minimum Gasteiger partial charge on any atom is -0.327 e. The Morgan fingerprint density at radius 1 is 1.50 bits per heavy atom. The van der Waals surface area contributed by atoms with E-state index in [1.165, 1.54) is 4.90 Å². The summed E-state index contributed by atoms with van der Waals surface area (Å²) in [7, 11) is 0. The number of allylic oxidation sites excluding steroid dienone is 1. The van der Waals surface area contributed by atoms with Crippen molar-refractivity contribution in [3.63, 3.8) is 0 Å². The van der Waals surface area contributed by atoms with Crippen molar-refractivity contribution in [1.82, 2.24) is 0 Å². The summed E-state index contributed by atoms with van der Waals surface area (Å²) in [4.78, 5) is 1.27. The second-order valence-corrected chi connectivity index (χ2v) is 5.76. The molecule has 1 rings (SSSR count). The van der Waals surface area contributed by atoms with E-state index in [2.05, 4.69) is 40.7 Å². The van der Waals surface area contributed by atoms with Crippen LogP contribution in [-0.4, -0.2) is 11.8 Å². The molecule has 0 radical (unpaired) electrons. The van der Waals surface area contributed by atoms with Crippen LogP contribution in [0.3, 0.4) is 0 Å². The average molecular weight is 300 g/mol. The molecule has 1 unspecified atom stereocenters. The van der Waals surface area contributed by atoms with Crippen LogP contribution in [-0.2, 0) is 0 Å². The van der Waals surface area contributed by atoms with Gasteiger partial charge in [-0.25, -0.2) is 0 Å². The van der Waals surface area contributed by atoms with E-state index in [0.29, 0.717) is 0 Å². The summed E-state index contributed by atoms with van der Waals surface area (Å²) in [6, 6.07) is 8.61. The third kappa shape index (κ3) is 5.73. The SMILES string of the molecule is C=CCCCC(N)CSc1cccc(Br)c1. The van der Waals surface area contributed by atoms with Crippen LogP contribution in [0.5, 0.6) is 0 Å². The molecule has 0 aliphatic rings. The van der Waals surface area contributed by atoms with Crippen molar-refractivity contribution in [1.29, 1.82) is 0 Å². The second-order valence-electron chi connectivity index (χ2n) is 3.75. The van der Waals surface area contributed by atoms with Crippen molar-refractivity contribution in [3.05, 3.63) is 41.4 Å². The molecule has 1 nitrogen and oxygen atoms in total. The van der Waals surface area contributed by atoms with Crippen LogP contribution in [0.25, 0.3) is 0 Å². The highest BCUT2D eigenvalue weighted by atomic mass is 79.9. The van der Waals surface area contributed by atoms with E-state index in [4.69, 9.17) is 5.73 Å². The van der Waals surface area contributed by atoms with Crippen molar-refractivity contribution in [3.8, 4) is 0 Å². The Balaban J connectivity index is 2.25. The fourth-order valence-electron chi connectivity index (χ4n) is 1.37. The van der Waals surface area contributed by atoms with Crippen molar-refractivity contribution < 1.29 is 0 Å². The molecule has 0 heterocycles. The van der Waals surface area contributed by atoms with E-state index in [0.717, 1.165) is 29.5 Å². The molecule has 88 valence electrons. The lowest BCUT2D eigenvalue weighted by Crippen LogP contribution is -2.22. The Hall–Kier alpha value is -0.250. The van der Waals surface area contributed by atoms with Crippen LogP contribution in [0.15, 0.2) is 46.3 Å². The molecule has 2 N–H and O–H groups in total. The number of benzene rings is 1. The van der Waals surface area contributed by atoms with E-state index in [1.54, 1.807) is 0 Å². The molecule has 1 aromatic rings. The van der Waals surface area contributed by atoms with Crippen LogP contribution >= 0.6 is 27.7 Å². The van der Waals surface area contributed by atoms with Crippen LogP contribution < -0.4 is 5.73 Å². The molecule has 1 atom stereocenters. The van der Waals surface area contributed by atoms with Crippen LogP contribution in [0, 0.1) is 0 Å². The molecule has 3 heteroatoms. The van der Waals surface area contributed by atoms with Crippen LogP contribution in [0.2, 0.25) is 0 Å². The molecule has 0 aliphatic heterocycles. The maximum atomic E-state index is 6.03. The van der Waals surface area contributed by atoms with Gasteiger partial charge >= 0.3 is 0 Å². The zero-order valence-corrected chi connectivity index (χ0v) is 11.8. The molecule has 16 heavy (non-hydrogen) atoms. The lowest BCUT2D eigenvalue weighted by atomic mass is 10.1. The number of thioether (sulfide) groups is 1. The monoisotopic (exact) mass is 299 g/mol. The van der Waals surface area contributed by atoms with Gasteiger partial charge in [-0.15, -0.1) is 18.3 Å². The maximum Gasteiger partial charge on any atom is 0.0186 e. The first kappa shape index (κ1) is 13.8. The van der Waals surface area contributed by atoms with E-state index in [9.17, 15) is 0 Å². The van der Waals surface area contributed by atoms with Gasteiger partial charge in [0.15, 0.2) is 0 Å². The minimum absolute atomic E-state index is 0.281. The van der Waals surface area contributed by atoms with E-state index >= 15 is 0 Å². The van der Waals surface area contributed by atoms with Gasteiger partial charge in [0.2, 0.25) is 0 Å². The van der Waals surface area contributed by atoms with Gasteiger partial charge < -0.3 is 5.73 Å². The first-order valence-corrected chi connectivity index (χ1v) is 7.25. The molecule has 1 aromatic carbocycles. The second kappa shape index (κ2) is 7.93. The van der Waals surface area contributed by atoms with Gasteiger partial charge in [0.25, 0.3) is 0 Å². The summed E-state index contributed by atoms with van der Waals surface area (Å²) in [6.45, 7) is 3.71. The van der Waals surface area contributed by atoms with E-state index in [1.807, 2.05) is 23.9 Å². The standard InChI is InChI=1S/C13H18BrNS/c1-2-3-4-7-12(15)10-16-13-8-5-6-11(14)9-13/h2,5-6,8-9,12H,1,3-4,7,10,15H2. The highest BCUT2D eigenvalue weighted by molar-refractivity contribution is 9.10.